The first-order valence-corrected chi connectivity index (χ1v) is 12.0. The van der Waals surface area contributed by atoms with Gasteiger partial charge in [0.15, 0.2) is 27.1 Å². The molecule has 10 heteroatoms. The van der Waals surface area contributed by atoms with Crippen molar-refractivity contribution in [2.24, 2.45) is 0 Å². The van der Waals surface area contributed by atoms with Gasteiger partial charge in [0.25, 0.3) is 0 Å². The van der Waals surface area contributed by atoms with Crippen LogP contribution in [0.25, 0.3) is 34.0 Å². The van der Waals surface area contributed by atoms with Crippen LogP contribution in [0.2, 0.25) is 0 Å². The first-order valence-electron chi connectivity index (χ1n) is 10.5. The van der Waals surface area contributed by atoms with Gasteiger partial charge in [-0.1, -0.05) is 29.4 Å². The van der Waals surface area contributed by atoms with E-state index in [0.717, 1.165) is 5.56 Å². The quantitative estimate of drug-likeness (QED) is 0.421. The molecule has 0 saturated heterocycles. The number of hydrogen-bond donors (Lipinski definition) is 2. The number of nitrogens with two attached hydrogens (primary N) is 1. The second kappa shape index (κ2) is 9.06. The second-order valence-corrected chi connectivity index (χ2v) is 10.4. The first-order chi connectivity index (χ1) is 16.1. The molecule has 0 spiro atoms. The Labute approximate surface area is 197 Å². The van der Waals surface area contributed by atoms with Crippen LogP contribution in [0.1, 0.15) is 20.8 Å². The number of carbonyl (C=O) groups is 1. The summed E-state index contributed by atoms with van der Waals surface area (Å²) < 4.78 is 30.2. The molecule has 4 rings (SSSR count). The number of sulfone groups is 1. The van der Waals surface area contributed by atoms with Crippen LogP contribution >= 0.6 is 0 Å². The standard InChI is InChI=1S/C24H23N5O4S/c1-14(2)34(31,32)19-10-6-17(7-11-19)21-13-26-24(25)23(28-21)22-12-20(29-33-22)16-4-8-18(9-5-16)27-15(3)30/h4-14H,1-3H3,(H2,25,26)(H,27,30). The number of nitrogens with zero attached hydrogens (tertiary/aromatic N) is 3. The Hall–Kier alpha value is -4.05. The van der Waals surface area contributed by atoms with Crippen molar-refractivity contribution in [1.29, 1.82) is 0 Å². The summed E-state index contributed by atoms with van der Waals surface area (Å²) >= 11 is 0. The molecule has 9 nitrogen and oxygen atoms in total. The van der Waals surface area contributed by atoms with Gasteiger partial charge in [0.2, 0.25) is 5.91 Å². The number of amides is 1. The maximum atomic E-state index is 12.4. The van der Waals surface area contributed by atoms with Gasteiger partial charge in [-0.3, -0.25) is 4.79 Å². The molecule has 4 aromatic rings. The molecule has 0 bridgehead atoms. The Morgan fingerprint density at radius 2 is 1.62 bits per heavy atom. The Bertz CT molecular complexity index is 1440. The number of anilines is 2. The molecule has 34 heavy (non-hydrogen) atoms. The molecule has 0 fully saturated rings. The van der Waals surface area contributed by atoms with Gasteiger partial charge in [0.05, 0.1) is 22.0 Å². The number of carbonyl (C=O) groups excluding carboxylic acids is 1. The minimum atomic E-state index is -3.37. The van der Waals surface area contributed by atoms with E-state index in [1.165, 1.54) is 13.1 Å². The molecule has 1 amide bonds. The Morgan fingerprint density at radius 1 is 1.00 bits per heavy atom. The third-order valence-electron chi connectivity index (χ3n) is 5.14. The van der Waals surface area contributed by atoms with E-state index in [-0.39, 0.29) is 16.6 Å². The van der Waals surface area contributed by atoms with E-state index in [9.17, 15) is 13.2 Å². The molecular formula is C24H23N5O4S. The van der Waals surface area contributed by atoms with Crippen LogP contribution in [0, 0.1) is 0 Å². The summed E-state index contributed by atoms with van der Waals surface area (Å²) in [5, 5.41) is 6.30. The topological polar surface area (TPSA) is 141 Å². The van der Waals surface area contributed by atoms with E-state index in [1.54, 1.807) is 56.3 Å². The highest BCUT2D eigenvalue weighted by atomic mass is 32.2. The van der Waals surface area contributed by atoms with Crippen LogP contribution in [0.4, 0.5) is 11.5 Å². The fraction of sp³-hybridized carbons (Fsp3) is 0.167. The molecular weight excluding hydrogens is 454 g/mol. The van der Waals surface area contributed by atoms with Crippen molar-refractivity contribution in [3.8, 4) is 34.0 Å². The van der Waals surface area contributed by atoms with E-state index in [2.05, 4.69) is 20.4 Å². The van der Waals surface area contributed by atoms with Gasteiger partial charge in [0.1, 0.15) is 5.69 Å². The Kier molecular flexibility index (Phi) is 6.16. The lowest BCUT2D eigenvalue weighted by Gasteiger charge is -2.09. The van der Waals surface area contributed by atoms with E-state index in [0.29, 0.717) is 34.1 Å². The number of nitrogens with one attached hydrogen (secondary N) is 1. The number of aromatic nitrogens is 3. The molecule has 0 radical (unpaired) electrons. The number of benzene rings is 2. The van der Waals surface area contributed by atoms with Gasteiger partial charge in [-0.05, 0) is 38.1 Å². The van der Waals surface area contributed by atoms with Gasteiger partial charge in [-0.25, -0.2) is 18.4 Å². The summed E-state index contributed by atoms with van der Waals surface area (Å²) in [6.45, 7) is 4.73. The number of rotatable bonds is 6. The predicted octanol–water partition coefficient (Wildman–Crippen LogP) is 4.19. The summed E-state index contributed by atoms with van der Waals surface area (Å²) in [5.74, 6) is 0.361. The Morgan fingerprint density at radius 3 is 2.24 bits per heavy atom. The van der Waals surface area contributed by atoms with E-state index < -0.39 is 15.1 Å². The van der Waals surface area contributed by atoms with E-state index >= 15 is 0 Å². The molecule has 0 atom stereocenters. The zero-order chi connectivity index (χ0) is 24.5. The molecule has 174 valence electrons. The van der Waals surface area contributed by atoms with Crippen molar-refractivity contribution in [2.75, 3.05) is 11.1 Å². The van der Waals surface area contributed by atoms with Gasteiger partial charge in [0, 0.05) is 29.8 Å². The van der Waals surface area contributed by atoms with Crippen molar-refractivity contribution < 1.29 is 17.7 Å². The van der Waals surface area contributed by atoms with E-state index in [1.807, 2.05) is 12.1 Å². The first kappa shape index (κ1) is 23.1. The monoisotopic (exact) mass is 477 g/mol. The molecule has 2 aromatic carbocycles. The lowest BCUT2D eigenvalue weighted by atomic mass is 10.1. The van der Waals surface area contributed by atoms with Crippen LogP contribution in [0.15, 0.2) is 70.2 Å². The maximum absolute atomic E-state index is 12.4. The molecule has 0 saturated carbocycles. The average molecular weight is 478 g/mol. The highest BCUT2D eigenvalue weighted by Gasteiger charge is 2.20. The summed E-state index contributed by atoms with van der Waals surface area (Å²) in [6.07, 6.45) is 1.52. The lowest BCUT2D eigenvalue weighted by Crippen LogP contribution is -2.13. The Balaban J connectivity index is 1.62. The number of hydrogen-bond acceptors (Lipinski definition) is 8. The molecule has 0 unspecified atom stereocenters. The second-order valence-electron chi connectivity index (χ2n) is 7.94. The predicted molar refractivity (Wildman–Crippen MR) is 129 cm³/mol. The van der Waals surface area contributed by atoms with Gasteiger partial charge in [-0.15, -0.1) is 0 Å². The third kappa shape index (κ3) is 4.67. The van der Waals surface area contributed by atoms with Crippen LogP contribution < -0.4 is 11.1 Å². The largest absolute Gasteiger partial charge is 0.382 e. The van der Waals surface area contributed by atoms with Crippen molar-refractivity contribution in [1.82, 2.24) is 15.1 Å². The normalized spacial score (nSPS) is 11.5. The van der Waals surface area contributed by atoms with Crippen LogP contribution in [-0.2, 0) is 14.6 Å². The molecule has 2 aromatic heterocycles. The van der Waals surface area contributed by atoms with Crippen molar-refractivity contribution in [2.45, 2.75) is 30.9 Å². The van der Waals surface area contributed by atoms with Crippen molar-refractivity contribution in [3.05, 3.63) is 60.8 Å². The van der Waals surface area contributed by atoms with E-state index in [4.69, 9.17) is 10.3 Å². The van der Waals surface area contributed by atoms with Gasteiger partial charge in [-0.2, -0.15) is 0 Å². The summed E-state index contributed by atoms with van der Waals surface area (Å²) in [5.41, 5.74) is 9.60. The highest BCUT2D eigenvalue weighted by molar-refractivity contribution is 7.92. The molecule has 2 heterocycles. The third-order valence-corrected chi connectivity index (χ3v) is 7.32. The zero-order valence-electron chi connectivity index (χ0n) is 18.8. The SMILES string of the molecule is CC(=O)Nc1ccc(-c2cc(-c3nc(-c4ccc(S(=O)(=O)C(C)C)cc4)cnc3N)on2)cc1. The maximum Gasteiger partial charge on any atom is 0.221 e. The summed E-state index contributed by atoms with van der Waals surface area (Å²) in [6, 6.07) is 15.3. The van der Waals surface area contributed by atoms with Crippen molar-refractivity contribution >= 4 is 27.2 Å². The summed E-state index contributed by atoms with van der Waals surface area (Å²) in [7, 11) is -3.37. The van der Waals surface area contributed by atoms with Crippen LogP contribution in [0.3, 0.4) is 0 Å². The van der Waals surface area contributed by atoms with Gasteiger partial charge < -0.3 is 15.6 Å². The van der Waals surface area contributed by atoms with Gasteiger partial charge >= 0.3 is 0 Å². The fourth-order valence-corrected chi connectivity index (χ4v) is 4.32. The smallest absolute Gasteiger partial charge is 0.221 e. The van der Waals surface area contributed by atoms with Crippen LogP contribution in [-0.4, -0.2) is 34.7 Å². The average Bonchev–Trinajstić information content (AvgIpc) is 3.29. The lowest BCUT2D eigenvalue weighted by molar-refractivity contribution is -0.114. The van der Waals surface area contributed by atoms with Crippen molar-refractivity contribution in [3.63, 3.8) is 0 Å². The summed E-state index contributed by atoms with van der Waals surface area (Å²) in [4.78, 5) is 20.2. The zero-order valence-corrected chi connectivity index (χ0v) is 19.6. The molecule has 0 aliphatic carbocycles. The number of nitrogen functional groups attached to an aromatic ring is 1. The fourth-order valence-electron chi connectivity index (χ4n) is 3.26. The van der Waals surface area contributed by atoms with Crippen LogP contribution in [0.5, 0.6) is 0 Å². The molecule has 0 aliphatic rings. The molecule has 0 aliphatic heterocycles. The molecule has 3 N–H and O–H groups in total. The highest BCUT2D eigenvalue weighted by Crippen LogP contribution is 2.30. The minimum Gasteiger partial charge on any atom is -0.382 e. The minimum absolute atomic E-state index is 0.151.